The number of benzene rings is 3. The number of hydrogen-bond acceptors (Lipinski definition) is 6. The van der Waals surface area contributed by atoms with Crippen LogP contribution < -0.4 is 20.6 Å². The highest BCUT2D eigenvalue weighted by molar-refractivity contribution is 5.98. The first-order chi connectivity index (χ1) is 17.4. The van der Waals surface area contributed by atoms with Crippen molar-refractivity contribution in [3.63, 3.8) is 0 Å². The van der Waals surface area contributed by atoms with E-state index in [1.807, 2.05) is 30.3 Å². The number of ether oxygens (including phenoxy) is 2. The fourth-order valence-electron chi connectivity index (χ4n) is 3.86. The van der Waals surface area contributed by atoms with Crippen molar-refractivity contribution in [3.05, 3.63) is 84.7 Å². The first-order valence-electron chi connectivity index (χ1n) is 11.3. The Kier molecular flexibility index (Phi) is 7.76. The van der Waals surface area contributed by atoms with Crippen LogP contribution in [0.15, 0.2) is 78.9 Å². The number of carbonyl (C=O) groups is 2. The molecule has 1 aliphatic rings. The van der Waals surface area contributed by atoms with Gasteiger partial charge in [-0.1, -0.05) is 18.2 Å². The monoisotopic (exact) mass is 491 g/mol. The summed E-state index contributed by atoms with van der Waals surface area (Å²) in [5.41, 5.74) is 0.520. The molecule has 36 heavy (non-hydrogen) atoms. The molecule has 0 aromatic heterocycles. The number of amides is 2. The normalized spacial score (nSPS) is 16.8. The van der Waals surface area contributed by atoms with Crippen LogP contribution >= 0.6 is 0 Å². The third kappa shape index (κ3) is 6.36. The Bertz CT molecular complexity index is 1190. The quantitative estimate of drug-likeness (QED) is 0.183. The number of hydrogen-bond donors (Lipinski definition) is 3. The van der Waals surface area contributed by atoms with Gasteiger partial charge in [0.25, 0.3) is 0 Å². The van der Waals surface area contributed by atoms with E-state index in [-0.39, 0.29) is 36.8 Å². The van der Waals surface area contributed by atoms with E-state index in [2.05, 4.69) is 5.32 Å². The SMILES string of the molecule is N=CN(N)CC(=O)N1CC(Oc2ccccc2)CC1C(=O)Nc1ccc(Oc2ccc(F)cc2)cc1. The van der Waals surface area contributed by atoms with Crippen molar-refractivity contribution in [3.8, 4) is 17.2 Å². The van der Waals surface area contributed by atoms with E-state index >= 15 is 0 Å². The Hall–Kier alpha value is -4.44. The zero-order chi connectivity index (χ0) is 25.5. The average Bonchev–Trinajstić information content (AvgIpc) is 3.31. The van der Waals surface area contributed by atoms with Crippen molar-refractivity contribution in [2.75, 3.05) is 18.4 Å². The molecule has 0 aliphatic carbocycles. The maximum absolute atomic E-state index is 13.2. The Morgan fingerprint density at radius 1 is 1.03 bits per heavy atom. The average molecular weight is 492 g/mol. The Morgan fingerprint density at radius 2 is 1.67 bits per heavy atom. The van der Waals surface area contributed by atoms with E-state index in [9.17, 15) is 14.0 Å². The maximum Gasteiger partial charge on any atom is 0.247 e. The molecule has 4 rings (SSSR count). The lowest BCUT2D eigenvalue weighted by Crippen LogP contribution is -2.48. The van der Waals surface area contributed by atoms with Gasteiger partial charge in [0.1, 0.15) is 41.8 Å². The molecule has 9 nitrogen and oxygen atoms in total. The van der Waals surface area contributed by atoms with Gasteiger partial charge in [-0.05, 0) is 60.7 Å². The molecule has 2 atom stereocenters. The maximum atomic E-state index is 13.2. The van der Waals surface area contributed by atoms with Gasteiger partial charge in [0.05, 0.1) is 12.9 Å². The molecule has 10 heteroatoms. The van der Waals surface area contributed by atoms with Crippen molar-refractivity contribution in [1.29, 1.82) is 5.41 Å². The first-order valence-corrected chi connectivity index (χ1v) is 11.3. The lowest BCUT2D eigenvalue weighted by atomic mass is 10.1. The van der Waals surface area contributed by atoms with Crippen molar-refractivity contribution >= 4 is 23.8 Å². The lowest BCUT2D eigenvalue weighted by molar-refractivity contribution is -0.137. The second-order valence-electron chi connectivity index (χ2n) is 8.22. The predicted octanol–water partition coefficient (Wildman–Crippen LogP) is 3.39. The minimum Gasteiger partial charge on any atom is -0.488 e. The summed E-state index contributed by atoms with van der Waals surface area (Å²) in [4.78, 5) is 27.4. The van der Waals surface area contributed by atoms with E-state index in [0.29, 0.717) is 29.4 Å². The van der Waals surface area contributed by atoms with E-state index in [1.165, 1.54) is 29.2 Å². The summed E-state index contributed by atoms with van der Waals surface area (Å²) in [6.45, 7) is -0.0249. The lowest BCUT2D eigenvalue weighted by Gasteiger charge is -2.25. The van der Waals surface area contributed by atoms with Gasteiger partial charge < -0.3 is 19.7 Å². The third-order valence-corrected chi connectivity index (χ3v) is 5.59. The van der Waals surface area contributed by atoms with Gasteiger partial charge in [-0.3, -0.25) is 20.0 Å². The Labute approximate surface area is 207 Å². The number of nitrogens with one attached hydrogen (secondary N) is 2. The van der Waals surface area contributed by atoms with Crippen molar-refractivity contribution in [2.24, 2.45) is 5.84 Å². The molecule has 3 aromatic rings. The summed E-state index contributed by atoms with van der Waals surface area (Å²) >= 11 is 0. The molecule has 0 bridgehead atoms. The van der Waals surface area contributed by atoms with Crippen LogP contribution in [0.4, 0.5) is 10.1 Å². The molecule has 186 valence electrons. The highest BCUT2D eigenvalue weighted by atomic mass is 19.1. The van der Waals surface area contributed by atoms with Crippen LogP contribution in [-0.2, 0) is 9.59 Å². The van der Waals surface area contributed by atoms with Crippen LogP contribution in [-0.4, -0.2) is 53.3 Å². The molecule has 1 aliphatic heterocycles. The molecule has 0 saturated carbocycles. The van der Waals surface area contributed by atoms with E-state index in [0.717, 1.165) is 11.3 Å². The molecular formula is C26H26FN5O4. The van der Waals surface area contributed by atoms with Gasteiger partial charge in [0.2, 0.25) is 11.8 Å². The molecule has 1 fully saturated rings. The fourth-order valence-corrected chi connectivity index (χ4v) is 3.86. The fraction of sp³-hybridized carbons (Fsp3) is 0.192. The highest BCUT2D eigenvalue weighted by Crippen LogP contribution is 2.26. The third-order valence-electron chi connectivity index (χ3n) is 5.59. The summed E-state index contributed by atoms with van der Waals surface area (Å²) in [5.74, 6) is 6.14. The second-order valence-corrected chi connectivity index (χ2v) is 8.22. The Balaban J connectivity index is 1.43. The first kappa shape index (κ1) is 24.7. The molecular weight excluding hydrogens is 465 g/mol. The molecule has 0 radical (unpaired) electrons. The minimum atomic E-state index is -0.777. The van der Waals surface area contributed by atoms with Crippen LogP contribution in [0.5, 0.6) is 17.2 Å². The number of para-hydroxylation sites is 1. The Morgan fingerprint density at radius 3 is 2.31 bits per heavy atom. The van der Waals surface area contributed by atoms with Gasteiger partial charge in [-0.2, -0.15) is 0 Å². The number of halogens is 1. The van der Waals surface area contributed by atoms with Crippen LogP contribution in [0.1, 0.15) is 6.42 Å². The zero-order valence-corrected chi connectivity index (χ0v) is 19.3. The molecule has 0 spiro atoms. The van der Waals surface area contributed by atoms with Crippen LogP contribution in [0.2, 0.25) is 0 Å². The molecule has 4 N–H and O–H groups in total. The number of nitrogens with zero attached hydrogens (tertiary/aromatic N) is 2. The van der Waals surface area contributed by atoms with E-state index < -0.39 is 6.04 Å². The smallest absolute Gasteiger partial charge is 0.247 e. The van der Waals surface area contributed by atoms with Crippen molar-refractivity contribution in [2.45, 2.75) is 18.6 Å². The standard InChI is InChI=1S/C26H26FN5O4/c27-18-6-10-21(11-7-18)35-22-12-8-19(9-13-22)30-26(34)24-14-23(36-20-4-2-1-3-5-20)15-32(24)25(33)16-31(29)17-28/h1-13,17,23-24,28H,14-16,29H2,(H,30,34). The number of hydrazine groups is 1. The minimum absolute atomic E-state index is 0.210. The highest BCUT2D eigenvalue weighted by Gasteiger charge is 2.41. The van der Waals surface area contributed by atoms with E-state index in [1.54, 1.807) is 24.3 Å². The number of carbonyl (C=O) groups excluding carboxylic acids is 2. The van der Waals surface area contributed by atoms with Gasteiger partial charge in [0.15, 0.2) is 0 Å². The number of rotatable bonds is 9. The predicted molar refractivity (Wildman–Crippen MR) is 132 cm³/mol. The van der Waals surface area contributed by atoms with Crippen molar-refractivity contribution < 1.29 is 23.5 Å². The number of nitrogens with two attached hydrogens (primary N) is 1. The van der Waals surface area contributed by atoms with Crippen LogP contribution in [0.3, 0.4) is 0 Å². The number of likely N-dealkylation sites (tertiary alicyclic amines) is 1. The summed E-state index contributed by atoms with van der Waals surface area (Å²) in [5, 5.41) is 11.0. The van der Waals surface area contributed by atoms with Crippen molar-refractivity contribution in [1.82, 2.24) is 9.91 Å². The summed E-state index contributed by atoms with van der Waals surface area (Å²) in [7, 11) is 0. The van der Waals surface area contributed by atoms with Gasteiger partial charge in [-0.25, -0.2) is 10.2 Å². The molecule has 2 amide bonds. The van der Waals surface area contributed by atoms with E-state index in [4.69, 9.17) is 20.7 Å². The molecule has 1 saturated heterocycles. The molecule has 1 heterocycles. The van der Waals surface area contributed by atoms with Gasteiger partial charge in [0, 0.05) is 12.1 Å². The summed E-state index contributed by atoms with van der Waals surface area (Å²) < 4.78 is 24.7. The topological polar surface area (TPSA) is 121 Å². The van der Waals surface area contributed by atoms with Gasteiger partial charge in [-0.15, -0.1) is 0 Å². The largest absolute Gasteiger partial charge is 0.488 e. The van der Waals surface area contributed by atoms with Crippen LogP contribution in [0, 0.1) is 11.2 Å². The summed E-state index contributed by atoms with van der Waals surface area (Å²) in [6.07, 6.45) is 0.758. The summed E-state index contributed by atoms with van der Waals surface area (Å²) in [6, 6.07) is 20.8. The second kappa shape index (κ2) is 11.3. The molecule has 2 unspecified atom stereocenters. The van der Waals surface area contributed by atoms with Crippen LogP contribution in [0.25, 0.3) is 0 Å². The molecule has 3 aromatic carbocycles. The number of anilines is 1. The van der Waals surface area contributed by atoms with Gasteiger partial charge >= 0.3 is 0 Å². The zero-order valence-electron chi connectivity index (χ0n) is 19.3.